The van der Waals surface area contributed by atoms with E-state index >= 15 is 4.39 Å². The topological polar surface area (TPSA) is 83.8 Å². The van der Waals surface area contributed by atoms with Gasteiger partial charge in [0.15, 0.2) is 17.6 Å². The van der Waals surface area contributed by atoms with Gasteiger partial charge in [-0.15, -0.1) is 0 Å². The summed E-state index contributed by atoms with van der Waals surface area (Å²) in [6, 6.07) is 10.5. The summed E-state index contributed by atoms with van der Waals surface area (Å²) in [6.07, 6.45) is 2.10. The second-order valence-electron chi connectivity index (χ2n) is 8.36. The Morgan fingerprint density at radius 3 is 2.65 bits per heavy atom. The molecule has 3 rings (SSSR count). The van der Waals surface area contributed by atoms with Crippen LogP contribution in [0.3, 0.4) is 0 Å². The third-order valence-electron chi connectivity index (χ3n) is 5.71. The van der Waals surface area contributed by atoms with E-state index in [0.29, 0.717) is 36.1 Å². The summed E-state index contributed by atoms with van der Waals surface area (Å²) in [5, 5.41) is 12.1. The van der Waals surface area contributed by atoms with E-state index in [2.05, 4.69) is 17.3 Å². The van der Waals surface area contributed by atoms with Gasteiger partial charge in [-0.1, -0.05) is 0 Å². The summed E-state index contributed by atoms with van der Waals surface area (Å²) >= 11 is 0. The standard InChI is InChI=1S/C26H32FN3O4/c1-4-32-21-13-22(24(27)23(14-21)34-17-19-7-6-12-30(3)16-19)25(26(31)33-5-2)29-20-10-8-18(15-28)9-11-20/h8-11,13-14,19,25,29H,4-7,12,16-17H2,1-3H3. The van der Waals surface area contributed by atoms with Gasteiger partial charge >= 0.3 is 5.97 Å². The monoisotopic (exact) mass is 469 g/mol. The average Bonchev–Trinajstić information content (AvgIpc) is 2.83. The number of halogens is 1. The van der Waals surface area contributed by atoms with Gasteiger partial charge in [-0.3, -0.25) is 0 Å². The third kappa shape index (κ3) is 6.61. The smallest absolute Gasteiger partial charge is 0.333 e. The number of piperidine rings is 1. The molecule has 8 heteroatoms. The van der Waals surface area contributed by atoms with Gasteiger partial charge in [0, 0.05) is 29.8 Å². The van der Waals surface area contributed by atoms with E-state index in [4.69, 9.17) is 19.5 Å². The number of carbonyl (C=O) groups excluding carboxylic acids is 1. The van der Waals surface area contributed by atoms with Crippen molar-refractivity contribution in [2.24, 2.45) is 5.92 Å². The van der Waals surface area contributed by atoms with E-state index in [9.17, 15) is 4.79 Å². The minimum Gasteiger partial charge on any atom is -0.494 e. The lowest BCUT2D eigenvalue weighted by atomic mass is 9.99. The SMILES string of the molecule is CCOC(=O)C(Nc1ccc(C#N)cc1)c1cc(OCC)cc(OCC2CCCN(C)C2)c1F. The number of ether oxygens (including phenoxy) is 3. The molecule has 1 aliphatic heterocycles. The Morgan fingerprint density at radius 2 is 2.00 bits per heavy atom. The van der Waals surface area contributed by atoms with Gasteiger partial charge in [-0.25, -0.2) is 9.18 Å². The third-order valence-corrected chi connectivity index (χ3v) is 5.71. The molecule has 2 unspecified atom stereocenters. The molecular formula is C26H32FN3O4. The number of nitrogens with zero attached hydrogens (tertiary/aromatic N) is 2. The van der Waals surface area contributed by atoms with Crippen LogP contribution in [0.25, 0.3) is 0 Å². The molecule has 1 N–H and O–H groups in total. The first-order chi connectivity index (χ1) is 16.4. The zero-order valence-electron chi connectivity index (χ0n) is 20.0. The Morgan fingerprint density at radius 1 is 1.24 bits per heavy atom. The number of rotatable bonds is 10. The van der Waals surface area contributed by atoms with Crippen molar-refractivity contribution in [3.8, 4) is 17.6 Å². The summed E-state index contributed by atoms with van der Waals surface area (Å²) < 4.78 is 32.5. The first kappa shape index (κ1) is 25.3. The predicted octanol–water partition coefficient (Wildman–Crippen LogP) is 4.53. The van der Waals surface area contributed by atoms with Crippen molar-refractivity contribution in [2.45, 2.75) is 32.7 Å². The molecule has 0 amide bonds. The molecule has 2 atom stereocenters. The second-order valence-corrected chi connectivity index (χ2v) is 8.36. The highest BCUT2D eigenvalue weighted by Gasteiger charge is 2.29. The van der Waals surface area contributed by atoms with Crippen molar-refractivity contribution < 1.29 is 23.4 Å². The van der Waals surface area contributed by atoms with Crippen LogP contribution >= 0.6 is 0 Å². The predicted molar refractivity (Wildman–Crippen MR) is 127 cm³/mol. The lowest BCUT2D eigenvalue weighted by Crippen LogP contribution is -2.34. The molecule has 182 valence electrons. The number of anilines is 1. The molecule has 1 aliphatic rings. The molecule has 0 aliphatic carbocycles. The molecule has 0 radical (unpaired) electrons. The molecule has 1 saturated heterocycles. The van der Waals surface area contributed by atoms with Crippen LogP contribution in [0, 0.1) is 23.1 Å². The lowest BCUT2D eigenvalue weighted by Gasteiger charge is -2.29. The van der Waals surface area contributed by atoms with E-state index in [1.807, 2.05) is 13.0 Å². The first-order valence-electron chi connectivity index (χ1n) is 11.7. The minimum absolute atomic E-state index is 0.0464. The van der Waals surface area contributed by atoms with Gasteiger partial charge in [0.1, 0.15) is 5.75 Å². The van der Waals surface area contributed by atoms with Crippen molar-refractivity contribution in [1.29, 1.82) is 5.26 Å². The van der Waals surface area contributed by atoms with E-state index in [-0.39, 0.29) is 17.9 Å². The molecular weight excluding hydrogens is 437 g/mol. The maximum Gasteiger partial charge on any atom is 0.333 e. The number of nitrogens with one attached hydrogen (secondary N) is 1. The average molecular weight is 470 g/mol. The molecule has 1 fully saturated rings. The van der Waals surface area contributed by atoms with E-state index < -0.39 is 17.8 Å². The Hall–Kier alpha value is -3.31. The summed E-state index contributed by atoms with van der Waals surface area (Å²) in [6.45, 7) is 6.38. The highest BCUT2D eigenvalue weighted by molar-refractivity contribution is 5.81. The number of hydrogen-bond donors (Lipinski definition) is 1. The van der Waals surface area contributed by atoms with Gasteiger partial charge < -0.3 is 24.4 Å². The highest BCUT2D eigenvalue weighted by Crippen LogP contribution is 2.34. The van der Waals surface area contributed by atoms with Crippen molar-refractivity contribution in [3.05, 3.63) is 53.3 Å². The van der Waals surface area contributed by atoms with Crippen LogP contribution in [0.5, 0.6) is 11.5 Å². The lowest BCUT2D eigenvalue weighted by molar-refractivity contribution is -0.144. The molecule has 2 aromatic rings. The van der Waals surface area contributed by atoms with Crippen LogP contribution in [0.15, 0.2) is 36.4 Å². The molecule has 0 saturated carbocycles. The normalized spacial score (nSPS) is 16.9. The number of esters is 1. The van der Waals surface area contributed by atoms with Crippen LogP contribution in [0.2, 0.25) is 0 Å². The Bertz CT molecular complexity index is 1010. The van der Waals surface area contributed by atoms with Gasteiger partial charge in [0.05, 0.1) is 31.5 Å². The zero-order valence-corrected chi connectivity index (χ0v) is 20.0. The number of carbonyl (C=O) groups is 1. The van der Waals surface area contributed by atoms with Crippen LogP contribution in [-0.4, -0.2) is 50.8 Å². The zero-order chi connectivity index (χ0) is 24.5. The summed E-state index contributed by atoms with van der Waals surface area (Å²) in [5.41, 5.74) is 1.10. The van der Waals surface area contributed by atoms with Crippen LogP contribution in [0.1, 0.15) is 43.9 Å². The second kappa shape index (κ2) is 12.2. The minimum atomic E-state index is -1.13. The Balaban J connectivity index is 1.92. The maximum absolute atomic E-state index is 15.7. The van der Waals surface area contributed by atoms with E-state index in [0.717, 1.165) is 25.9 Å². The Kier molecular flexibility index (Phi) is 9.11. The maximum atomic E-state index is 15.7. The first-order valence-corrected chi connectivity index (χ1v) is 11.7. The molecule has 2 aromatic carbocycles. The fraction of sp³-hybridized carbons (Fsp3) is 0.462. The van der Waals surface area contributed by atoms with Gasteiger partial charge in [0.25, 0.3) is 0 Å². The number of benzene rings is 2. The van der Waals surface area contributed by atoms with Crippen molar-refractivity contribution in [1.82, 2.24) is 4.90 Å². The van der Waals surface area contributed by atoms with Gasteiger partial charge in [-0.2, -0.15) is 5.26 Å². The molecule has 0 bridgehead atoms. The van der Waals surface area contributed by atoms with E-state index in [1.165, 1.54) is 12.1 Å². The fourth-order valence-electron chi connectivity index (χ4n) is 4.07. The summed E-state index contributed by atoms with van der Waals surface area (Å²) in [5.74, 6) is -0.503. The number of nitriles is 1. The van der Waals surface area contributed by atoms with Crippen LogP contribution in [-0.2, 0) is 9.53 Å². The Labute approximate surface area is 200 Å². The number of hydrogen-bond acceptors (Lipinski definition) is 7. The summed E-state index contributed by atoms with van der Waals surface area (Å²) in [7, 11) is 2.07. The van der Waals surface area contributed by atoms with Crippen LogP contribution < -0.4 is 14.8 Å². The van der Waals surface area contributed by atoms with Crippen LogP contribution in [0.4, 0.5) is 10.1 Å². The van der Waals surface area contributed by atoms with Gasteiger partial charge in [0.2, 0.25) is 0 Å². The fourth-order valence-corrected chi connectivity index (χ4v) is 4.07. The van der Waals surface area contributed by atoms with Crippen molar-refractivity contribution >= 4 is 11.7 Å². The largest absolute Gasteiger partial charge is 0.494 e. The molecule has 1 heterocycles. The van der Waals surface area contributed by atoms with E-state index in [1.54, 1.807) is 31.2 Å². The molecule has 0 spiro atoms. The van der Waals surface area contributed by atoms with Crippen molar-refractivity contribution in [2.75, 3.05) is 45.3 Å². The number of likely N-dealkylation sites (tertiary alicyclic amines) is 1. The quantitative estimate of drug-likeness (QED) is 0.512. The van der Waals surface area contributed by atoms with Gasteiger partial charge in [-0.05, 0) is 70.6 Å². The molecule has 34 heavy (non-hydrogen) atoms. The molecule has 7 nitrogen and oxygen atoms in total. The van der Waals surface area contributed by atoms with Crippen molar-refractivity contribution in [3.63, 3.8) is 0 Å². The molecule has 0 aromatic heterocycles. The highest BCUT2D eigenvalue weighted by atomic mass is 19.1. The summed E-state index contributed by atoms with van der Waals surface area (Å²) in [4.78, 5) is 15.1.